The van der Waals surface area contributed by atoms with Gasteiger partial charge in [-0.15, -0.1) is 0 Å². The van der Waals surface area contributed by atoms with Crippen LogP contribution in [0.1, 0.15) is 36.0 Å². The topological polar surface area (TPSA) is 58.6 Å². The van der Waals surface area contributed by atoms with Crippen molar-refractivity contribution in [3.8, 4) is 11.5 Å². The SMILES string of the molecule is COc1ccc(C(=O)NC2CCCCC2Br)cc1O. The maximum Gasteiger partial charge on any atom is 0.251 e. The van der Waals surface area contributed by atoms with E-state index >= 15 is 0 Å². The van der Waals surface area contributed by atoms with Crippen molar-refractivity contribution in [1.82, 2.24) is 5.32 Å². The number of methoxy groups -OCH3 is 1. The lowest BCUT2D eigenvalue weighted by molar-refractivity contribution is 0.0929. The second kappa shape index (κ2) is 6.28. The van der Waals surface area contributed by atoms with E-state index in [2.05, 4.69) is 21.2 Å². The molecule has 1 aliphatic rings. The zero-order chi connectivity index (χ0) is 13.8. The smallest absolute Gasteiger partial charge is 0.251 e. The Hall–Kier alpha value is -1.23. The summed E-state index contributed by atoms with van der Waals surface area (Å²) in [6, 6.07) is 4.84. The highest BCUT2D eigenvalue weighted by Crippen LogP contribution is 2.27. The Kier molecular flexibility index (Phi) is 4.69. The molecule has 19 heavy (non-hydrogen) atoms. The summed E-state index contributed by atoms with van der Waals surface area (Å²) in [4.78, 5) is 12.5. The van der Waals surface area contributed by atoms with E-state index in [1.807, 2.05) is 0 Å². The molecule has 1 aromatic carbocycles. The van der Waals surface area contributed by atoms with Gasteiger partial charge in [0.15, 0.2) is 11.5 Å². The number of hydrogen-bond donors (Lipinski definition) is 2. The number of halogens is 1. The van der Waals surface area contributed by atoms with Crippen LogP contribution in [0.2, 0.25) is 0 Å². The van der Waals surface area contributed by atoms with Crippen LogP contribution in [-0.4, -0.2) is 29.0 Å². The standard InChI is InChI=1S/C14H18BrNO3/c1-19-13-7-6-9(8-12(13)17)14(18)16-11-5-3-2-4-10(11)15/h6-8,10-11,17H,2-5H2,1H3,(H,16,18). The number of alkyl halides is 1. The predicted molar refractivity (Wildman–Crippen MR) is 77.1 cm³/mol. The highest BCUT2D eigenvalue weighted by molar-refractivity contribution is 9.09. The van der Waals surface area contributed by atoms with Gasteiger partial charge in [-0.05, 0) is 31.0 Å². The summed E-state index contributed by atoms with van der Waals surface area (Å²) in [5.74, 6) is 0.191. The minimum absolute atomic E-state index is 0.0193. The average molecular weight is 328 g/mol. The van der Waals surface area contributed by atoms with Gasteiger partial charge in [0.05, 0.1) is 7.11 Å². The molecule has 1 saturated carbocycles. The summed E-state index contributed by atoms with van der Waals surface area (Å²) in [5, 5.41) is 12.7. The van der Waals surface area contributed by atoms with Gasteiger partial charge >= 0.3 is 0 Å². The number of hydrogen-bond acceptors (Lipinski definition) is 3. The Balaban J connectivity index is 2.05. The molecule has 0 saturated heterocycles. The number of carbonyl (C=O) groups excluding carboxylic acids is 1. The number of phenolic OH excluding ortho intramolecular Hbond substituents is 1. The maximum atomic E-state index is 12.1. The molecule has 0 bridgehead atoms. The molecule has 1 aliphatic carbocycles. The average Bonchev–Trinajstić information content (AvgIpc) is 2.41. The Bertz CT molecular complexity index is 464. The largest absolute Gasteiger partial charge is 0.504 e. The van der Waals surface area contributed by atoms with Crippen LogP contribution >= 0.6 is 15.9 Å². The molecule has 1 fully saturated rings. The lowest BCUT2D eigenvalue weighted by atomic mass is 9.95. The van der Waals surface area contributed by atoms with Crippen molar-refractivity contribution in [2.75, 3.05) is 7.11 Å². The van der Waals surface area contributed by atoms with Gasteiger partial charge in [-0.3, -0.25) is 4.79 Å². The molecule has 2 N–H and O–H groups in total. The van der Waals surface area contributed by atoms with Gasteiger partial charge in [0, 0.05) is 16.4 Å². The van der Waals surface area contributed by atoms with Gasteiger partial charge in [-0.25, -0.2) is 0 Å². The summed E-state index contributed by atoms with van der Waals surface area (Å²) < 4.78 is 4.96. The van der Waals surface area contributed by atoms with Gasteiger partial charge in [0.25, 0.3) is 5.91 Å². The van der Waals surface area contributed by atoms with Crippen LogP contribution in [0.3, 0.4) is 0 Å². The molecule has 1 aromatic rings. The van der Waals surface area contributed by atoms with Crippen molar-refractivity contribution in [3.63, 3.8) is 0 Å². The summed E-state index contributed by atoms with van der Waals surface area (Å²) in [5.41, 5.74) is 0.448. The zero-order valence-electron chi connectivity index (χ0n) is 10.9. The fourth-order valence-corrected chi connectivity index (χ4v) is 3.05. The Morgan fingerprint density at radius 1 is 1.42 bits per heavy atom. The first-order valence-corrected chi connectivity index (χ1v) is 7.35. The van der Waals surface area contributed by atoms with Crippen molar-refractivity contribution in [1.29, 1.82) is 0 Å². The van der Waals surface area contributed by atoms with Crippen LogP contribution in [0.25, 0.3) is 0 Å². The molecular weight excluding hydrogens is 310 g/mol. The molecule has 0 aliphatic heterocycles. The Morgan fingerprint density at radius 3 is 2.79 bits per heavy atom. The third-order valence-electron chi connectivity index (χ3n) is 3.44. The van der Waals surface area contributed by atoms with Crippen LogP contribution < -0.4 is 10.1 Å². The molecule has 2 atom stereocenters. The number of rotatable bonds is 3. The molecule has 0 radical (unpaired) electrons. The Labute approximate surface area is 121 Å². The molecule has 0 aromatic heterocycles. The van der Waals surface area contributed by atoms with Gasteiger partial charge in [-0.1, -0.05) is 28.8 Å². The van der Waals surface area contributed by atoms with Crippen LogP contribution in [0.5, 0.6) is 11.5 Å². The number of ether oxygens (including phenoxy) is 1. The minimum Gasteiger partial charge on any atom is -0.504 e. The third kappa shape index (κ3) is 3.41. The molecule has 104 valence electrons. The molecule has 5 heteroatoms. The zero-order valence-corrected chi connectivity index (χ0v) is 12.4. The number of benzene rings is 1. The van der Waals surface area contributed by atoms with Crippen molar-refractivity contribution in [2.24, 2.45) is 0 Å². The molecule has 0 heterocycles. The van der Waals surface area contributed by atoms with E-state index in [-0.39, 0.29) is 17.7 Å². The highest BCUT2D eigenvalue weighted by atomic mass is 79.9. The van der Waals surface area contributed by atoms with Crippen LogP contribution in [0.4, 0.5) is 0 Å². The van der Waals surface area contributed by atoms with Gasteiger partial charge in [0.1, 0.15) is 0 Å². The molecule has 2 unspecified atom stereocenters. The van der Waals surface area contributed by atoms with E-state index in [9.17, 15) is 9.90 Å². The van der Waals surface area contributed by atoms with Crippen molar-refractivity contribution in [3.05, 3.63) is 23.8 Å². The number of nitrogens with one attached hydrogen (secondary N) is 1. The summed E-state index contributed by atoms with van der Waals surface area (Å²) in [6.45, 7) is 0. The van der Waals surface area contributed by atoms with Crippen LogP contribution in [0.15, 0.2) is 18.2 Å². The molecule has 2 rings (SSSR count). The number of carbonyl (C=O) groups is 1. The number of aromatic hydroxyl groups is 1. The van der Waals surface area contributed by atoms with E-state index in [0.29, 0.717) is 16.1 Å². The van der Waals surface area contributed by atoms with E-state index in [1.54, 1.807) is 12.1 Å². The van der Waals surface area contributed by atoms with Gasteiger partial charge in [0.2, 0.25) is 0 Å². The minimum atomic E-state index is -0.158. The maximum absolute atomic E-state index is 12.1. The molecule has 1 amide bonds. The van der Waals surface area contributed by atoms with Crippen molar-refractivity contribution < 1.29 is 14.6 Å². The predicted octanol–water partition coefficient (Wildman–Crippen LogP) is 2.84. The first-order valence-electron chi connectivity index (χ1n) is 6.43. The van der Waals surface area contributed by atoms with E-state index < -0.39 is 0 Å². The summed E-state index contributed by atoms with van der Waals surface area (Å²) >= 11 is 3.61. The fourth-order valence-electron chi connectivity index (χ4n) is 2.33. The second-order valence-corrected chi connectivity index (χ2v) is 5.94. The molecular formula is C14H18BrNO3. The van der Waals surface area contributed by atoms with Crippen LogP contribution in [-0.2, 0) is 0 Å². The lowest BCUT2D eigenvalue weighted by Gasteiger charge is -2.28. The van der Waals surface area contributed by atoms with E-state index in [1.165, 1.54) is 19.6 Å². The monoisotopic (exact) mass is 327 g/mol. The van der Waals surface area contributed by atoms with E-state index in [4.69, 9.17) is 4.74 Å². The number of amides is 1. The summed E-state index contributed by atoms with van der Waals surface area (Å²) in [7, 11) is 1.48. The summed E-state index contributed by atoms with van der Waals surface area (Å²) in [6.07, 6.45) is 4.41. The number of phenols is 1. The fraction of sp³-hybridized carbons (Fsp3) is 0.500. The first kappa shape index (κ1) is 14.2. The lowest BCUT2D eigenvalue weighted by Crippen LogP contribution is -2.42. The Morgan fingerprint density at radius 2 is 2.16 bits per heavy atom. The second-order valence-electron chi connectivity index (χ2n) is 4.77. The quantitative estimate of drug-likeness (QED) is 0.839. The van der Waals surface area contributed by atoms with Crippen molar-refractivity contribution in [2.45, 2.75) is 36.6 Å². The van der Waals surface area contributed by atoms with Gasteiger partial charge < -0.3 is 15.2 Å². The highest BCUT2D eigenvalue weighted by Gasteiger charge is 2.24. The van der Waals surface area contributed by atoms with Crippen molar-refractivity contribution >= 4 is 21.8 Å². The first-order chi connectivity index (χ1) is 9.11. The van der Waals surface area contributed by atoms with Crippen LogP contribution in [0, 0.1) is 0 Å². The third-order valence-corrected chi connectivity index (χ3v) is 4.54. The van der Waals surface area contributed by atoms with Gasteiger partial charge in [-0.2, -0.15) is 0 Å². The molecule has 4 nitrogen and oxygen atoms in total. The molecule has 0 spiro atoms. The van der Waals surface area contributed by atoms with E-state index in [0.717, 1.165) is 19.3 Å². The normalized spacial score (nSPS) is 22.8.